The van der Waals surface area contributed by atoms with Gasteiger partial charge in [0.25, 0.3) is 0 Å². The van der Waals surface area contributed by atoms with Crippen molar-refractivity contribution in [1.82, 2.24) is 19.3 Å². The highest BCUT2D eigenvalue weighted by atomic mass is 16.1. The van der Waals surface area contributed by atoms with Crippen molar-refractivity contribution in [2.24, 2.45) is 0 Å². The summed E-state index contributed by atoms with van der Waals surface area (Å²) in [6, 6.07) is 1.74. The van der Waals surface area contributed by atoms with Crippen LogP contribution in [0.5, 0.6) is 0 Å². The molecule has 0 aliphatic carbocycles. The van der Waals surface area contributed by atoms with Crippen molar-refractivity contribution in [2.75, 3.05) is 0 Å². The van der Waals surface area contributed by atoms with Gasteiger partial charge in [0.2, 0.25) is 0 Å². The second-order valence-electron chi connectivity index (χ2n) is 3.23. The van der Waals surface area contributed by atoms with Crippen LogP contribution in [-0.4, -0.2) is 19.3 Å². The van der Waals surface area contributed by atoms with Crippen molar-refractivity contribution in [3.8, 4) is 0 Å². The van der Waals surface area contributed by atoms with E-state index in [1.807, 2.05) is 17.8 Å². The Hall–Kier alpha value is -1.91. The van der Waals surface area contributed by atoms with Crippen LogP contribution in [0.1, 0.15) is 12.5 Å². The standard InChI is InChI=1S/C10H12N4O/c1-2-14-8-9(6-12-14)7-13-5-3-4-11-10(13)15/h3-6,8H,2,7H2,1H3. The molecule has 2 aromatic heterocycles. The Bertz CT molecular complexity index is 500. The predicted molar refractivity (Wildman–Crippen MR) is 55.5 cm³/mol. The first-order chi connectivity index (χ1) is 7.29. The first-order valence-corrected chi connectivity index (χ1v) is 4.82. The third-order valence-electron chi connectivity index (χ3n) is 2.15. The van der Waals surface area contributed by atoms with Gasteiger partial charge in [-0.25, -0.2) is 9.78 Å². The first kappa shape index (κ1) is 9.64. The summed E-state index contributed by atoms with van der Waals surface area (Å²) in [5, 5.41) is 4.14. The molecule has 0 aliphatic heterocycles. The number of aryl methyl sites for hydroxylation is 1. The highest BCUT2D eigenvalue weighted by molar-refractivity contribution is 5.04. The Morgan fingerprint density at radius 3 is 3.00 bits per heavy atom. The summed E-state index contributed by atoms with van der Waals surface area (Å²) >= 11 is 0. The molecular weight excluding hydrogens is 192 g/mol. The van der Waals surface area contributed by atoms with Gasteiger partial charge in [-0.15, -0.1) is 0 Å². The van der Waals surface area contributed by atoms with Gasteiger partial charge >= 0.3 is 5.69 Å². The molecule has 0 spiro atoms. The third kappa shape index (κ3) is 2.12. The Kier molecular flexibility index (Phi) is 2.62. The lowest BCUT2D eigenvalue weighted by Gasteiger charge is -2.00. The van der Waals surface area contributed by atoms with Crippen molar-refractivity contribution in [1.29, 1.82) is 0 Å². The molecule has 0 N–H and O–H groups in total. The average molecular weight is 204 g/mol. The molecule has 0 unspecified atom stereocenters. The van der Waals surface area contributed by atoms with Crippen LogP contribution in [0.2, 0.25) is 0 Å². The lowest BCUT2D eigenvalue weighted by atomic mass is 10.3. The van der Waals surface area contributed by atoms with Crippen LogP contribution in [0, 0.1) is 0 Å². The van der Waals surface area contributed by atoms with E-state index in [1.54, 1.807) is 23.0 Å². The van der Waals surface area contributed by atoms with Gasteiger partial charge in [0, 0.05) is 30.7 Å². The minimum absolute atomic E-state index is 0.234. The molecule has 0 atom stereocenters. The van der Waals surface area contributed by atoms with E-state index in [0.29, 0.717) is 6.54 Å². The van der Waals surface area contributed by atoms with Crippen molar-refractivity contribution < 1.29 is 0 Å². The van der Waals surface area contributed by atoms with Crippen molar-refractivity contribution in [3.63, 3.8) is 0 Å². The SMILES string of the molecule is CCn1cc(Cn2cccnc2=O)cn1. The van der Waals surface area contributed by atoms with Crippen molar-refractivity contribution in [3.05, 3.63) is 46.9 Å². The monoisotopic (exact) mass is 204 g/mol. The fourth-order valence-electron chi connectivity index (χ4n) is 1.37. The van der Waals surface area contributed by atoms with E-state index in [9.17, 15) is 4.79 Å². The van der Waals surface area contributed by atoms with E-state index in [4.69, 9.17) is 0 Å². The van der Waals surface area contributed by atoms with Gasteiger partial charge < -0.3 is 0 Å². The molecular formula is C10H12N4O. The Morgan fingerprint density at radius 2 is 2.33 bits per heavy atom. The summed E-state index contributed by atoms with van der Waals surface area (Å²) in [7, 11) is 0. The molecule has 2 heterocycles. The summed E-state index contributed by atoms with van der Waals surface area (Å²) in [5.74, 6) is 0. The zero-order valence-corrected chi connectivity index (χ0v) is 8.50. The molecule has 15 heavy (non-hydrogen) atoms. The van der Waals surface area contributed by atoms with Gasteiger partial charge in [0.15, 0.2) is 0 Å². The largest absolute Gasteiger partial charge is 0.347 e. The van der Waals surface area contributed by atoms with Crippen LogP contribution < -0.4 is 5.69 Å². The quantitative estimate of drug-likeness (QED) is 0.732. The number of hydrogen-bond donors (Lipinski definition) is 0. The average Bonchev–Trinajstić information content (AvgIpc) is 2.69. The van der Waals surface area contributed by atoms with E-state index < -0.39 is 0 Å². The van der Waals surface area contributed by atoms with E-state index in [2.05, 4.69) is 10.1 Å². The molecule has 0 saturated heterocycles. The summed E-state index contributed by atoms with van der Waals surface area (Å²) < 4.78 is 3.38. The third-order valence-corrected chi connectivity index (χ3v) is 2.15. The van der Waals surface area contributed by atoms with Crippen LogP contribution >= 0.6 is 0 Å². The molecule has 2 aromatic rings. The lowest BCUT2D eigenvalue weighted by molar-refractivity contribution is 0.657. The molecule has 0 aliphatic rings. The highest BCUT2D eigenvalue weighted by Crippen LogP contribution is 1.99. The van der Waals surface area contributed by atoms with Gasteiger partial charge in [0.05, 0.1) is 12.7 Å². The molecule has 0 saturated carbocycles. The fourth-order valence-corrected chi connectivity index (χ4v) is 1.37. The maximum Gasteiger partial charge on any atom is 0.347 e. The molecule has 5 nitrogen and oxygen atoms in total. The molecule has 0 bridgehead atoms. The summed E-state index contributed by atoms with van der Waals surface area (Å²) in [6.45, 7) is 3.38. The number of nitrogens with zero attached hydrogens (tertiary/aromatic N) is 4. The number of rotatable bonds is 3. The summed E-state index contributed by atoms with van der Waals surface area (Å²) in [5.41, 5.74) is 0.772. The van der Waals surface area contributed by atoms with Gasteiger partial charge in [-0.2, -0.15) is 5.10 Å². The molecule has 2 rings (SSSR count). The molecule has 0 fully saturated rings. The summed E-state index contributed by atoms with van der Waals surface area (Å²) in [4.78, 5) is 15.0. The van der Waals surface area contributed by atoms with Crippen molar-refractivity contribution >= 4 is 0 Å². The van der Waals surface area contributed by atoms with E-state index in [1.165, 1.54) is 6.20 Å². The maximum absolute atomic E-state index is 11.3. The maximum atomic E-state index is 11.3. The van der Waals surface area contributed by atoms with Gasteiger partial charge in [-0.05, 0) is 13.0 Å². The van der Waals surface area contributed by atoms with Crippen LogP contribution in [0.4, 0.5) is 0 Å². The van der Waals surface area contributed by atoms with E-state index in [-0.39, 0.29) is 5.69 Å². The van der Waals surface area contributed by atoms with Gasteiger partial charge in [-0.3, -0.25) is 9.25 Å². The molecule has 78 valence electrons. The normalized spacial score (nSPS) is 10.5. The van der Waals surface area contributed by atoms with Crippen molar-refractivity contribution in [2.45, 2.75) is 20.0 Å². The van der Waals surface area contributed by atoms with Gasteiger partial charge in [0.1, 0.15) is 0 Å². The highest BCUT2D eigenvalue weighted by Gasteiger charge is 2.00. The zero-order chi connectivity index (χ0) is 10.7. The Labute approximate surface area is 87.0 Å². The number of aromatic nitrogens is 4. The van der Waals surface area contributed by atoms with Crippen LogP contribution in [0.15, 0.2) is 35.6 Å². The van der Waals surface area contributed by atoms with Gasteiger partial charge in [-0.1, -0.05) is 0 Å². The van der Waals surface area contributed by atoms with Crippen LogP contribution in [0.3, 0.4) is 0 Å². The Balaban J connectivity index is 2.22. The summed E-state index contributed by atoms with van der Waals surface area (Å²) in [6.07, 6.45) is 6.91. The number of hydrogen-bond acceptors (Lipinski definition) is 3. The minimum atomic E-state index is -0.234. The first-order valence-electron chi connectivity index (χ1n) is 4.82. The predicted octanol–water partition coefficient (Wildman–Crippen LogP) is 0.508. The molecule has 0 amide bonds. The topological polar surface area (TPSA) is 52.7 Å². The second-order valence-corrected chi connectivity index (χ2v) is 3.23. The van der Waals surface area contributed by atoms with E-state index in [0.717, 1.165) is 12.1 Å². The zero-order valence-electron chi connectivity index (χ0n) is 8.50. The molecule has 0 aromatic carbocycles. The lowest BCUT2D eigenvalue weighted by Crippen LogP contribution is -2.21. The molecule has 5 heteroatoms. The van der Waals surface area contributed by atoms with E-state index >= 15 is 0 Å². The Morgan fingerprint density at radius 1 is 1.47 bits per heavy atom. The second kappa shape index (κ2) is 4.08. The van der Waals surface area contributed by atoms with Crippen LogP contribution in [-0.2, 0) is 13.1 Å². The molecule has 0 radical (unpaired) electrons. The van der Waals surface area contributed by atoms with Crippen LogP contribution in [0.25, 0.3) is 0 Å². The fraction of sp³-hybridized carbons (Fsp3) is 0.300. The smallest absolute Gasteiger partial charge is 0.295 e. The minimum Gasteiger partial charge on any atom is -0.295 e.